The van der Waals surface area contributed by atoms with Crippen molar-refractivity contribution < 1.29 is 14.3 Å². The van der Waals surface area contributed by atoms with Crippen LogP contribution in [-0.2, 0) is 9.59 Å². The summed E-state index contributed by atoms with van der Waals surface area (Å²) in [6.45, 7) is 3.70. The number of hydrazone groups is 1. The molecule has 0 atom stereocenters. The quantitative estimate of drug-likeness (QED) is 0.760. The number of rotatable bonds is 4. The first-order valence-electron chi connectivity index (χ1n) is 8.04. The molecule has 2 aromatic rings. The number of hydrogen-bond acceptors (Lipinski definition) is 6. The summed E-state index contributed by atoms with van der Waals surface area (Å²) in [5.41, 5.74) is -0.571. The van der Waals surface area contributed by atoms with Crippen molar-refractivity contribution >= 4 is 46.3 Å². The summed E-state index contributed by atoms with van der Waals surface area (Å²) in [6.07, 6.45) is -0.482. The summed E-state index contributed by atoms with van der Waals surface area (Å²) in [7, 11) is 0. The van der Waals surface area contributed by atoms with Gasteiger partial charge in [-0.15, -0.1) is 0 Å². The van der Waals surface area contributed by atoms with Gasteiger partial charge in [0.15, 0.2) is 5.75 Å². The lowest BCUT2D eigenvalue weighted by atomic mass is 10.1. The molecule has 1 N–H and O–H groups in total. The fourth-order valence-corrected chi connectivity index (χ4v) is 3.07. The Labute approximate surface area is 168 Å². The summed E-state index contributed by atoms with van der Waals surface area (Å²) in [4.78, 5) is 35.3. The Kier molecular flexibility index (Phi) is 5.27. The molecule has 1 aromatic carbocycles. The normalized spacial score (nSPS) is 14.3. The zero-order chi connectivity index (χ0) is 20.6. The number of carbonyl (C=O) groups excluding carboxylic acids is 2. The molecule has 0 bridgehead atoms. The molecule has 0 unspecified atom stereocenters. The molecule has 2 heterocycles. The van der Waals surface area contributed by atoms with Crippen molar-refractivity contribution in [2.24, 2.45) is 5.10 Å². The Bertz CT molecular complexity index is 1090. The van der Waals surface area contributed by atoms with E-state index in [4.69, 9.17) is 33.2 Å². The molecule has 11 heteroatoms. The Morgan fingerprint density at radius 1 is 1.21 bits per heavy atom. The van der Waals surface area contributed by atoms with E-state index in [-0.39, 0.29) is 44.7 Å². The number of Topliss-reactive ketones (excluding diaryl/α,β-unsaturated/α-hetero) is 1. The lowest BCUT2D eigenvalue weighted by Crippen LogP contribution is -2.36. The van der Waals surface area contributed by atoms with Crippen LogP contribution >= 0.6 is 23.2 Å². The van der Waals surface area contributed by atoms with Crippen molar-refractivity contribution in [1.29, 1.82) is 5.26 Å². The smallest absolute Gasteiger partial charge is 0.268 e. The topological polar surface area (TPSA) is 121 Å². The lowest BCUT2D eigenvalue weighted by molar-refractivity contribution is -0.124. The van der Waals surface area contributed by atoms with Crippen molar-refractivity contribution in [3.05, 3.63) is 38.6 Å². The molecule has 1 amide bonds. The van der Waals surface area contributed by atoms with Gasteiger partial charge in [0.1, 0.15) is 6.07 Å². The van der Waals surface area contributed by atoms with E-state index in [9.17, 15) is 14.4 Å². The number of ketones is 1. The average Bonchev–Trinajstić information content (AvgIpc) is 2.99. The summed E-state index contributed by atoms with van der Waals surface area (Å²) in [5.74, 6) is -0.990. The van der Waals surface area contributed by atoms with Crippen LogP contribution in [0.15, 0.2) is 28.1 Å². The van der Waals surface area contributed by atoms with Gasteiger partial charge >= 0.3 is 0 Å². The van der Waals surface area contributed by atoms with Gasteiger partial charge in [-0.05, 0) is 26.0 Å². The van der Waals surface area contributed by atoms with Crippen LogP contribution < -0.4 is 15.3 Å². The molecular weight excluding hydrogens is 409 g/mol. The number of nitrogens with zero attached hydrogens (tertiary/aromatic N) is 4. The molecule has 0 spiro atoms. The number of aromatic amines is 1. The molecule has 0 fully saturated rings. The first kappa shape index (κ1) is 19.7. The van der Waals surface area contributed by atoms with Gasteiger partial charge in [0, 0.05) is 6.04 Å². The van der Waals surface area contributed by atoms with Gasteiger partial charge in [0.25, 0.3) is 11.5 Å². The van der Waals surface area contributed by atoms with Crippen LogP contribution in [0.2, 0.25) is 10.0 Å². The molecule has 0 saturated carbocycles. The highest BCUT2D eigenvalue weighted by atomic mass is 35.5. The number of H-pyrrole nitrogens is 1. The first-order chi connectivity index (χ1) is 13.2. The molecule has 0 aliphatic carbocycles. The number of halogens is 2. The lowest BCUT2D eigenvalue weighted by Gasteiger charge is -2.22. The number of nitriles is 1. The van der Waals surface area contributed by atoms with Gasteiger partial charge in [-0.3, -0.25) is 24.2 Å². The third-order valence-corrected chi connectivity index (χ3v) is 4.35. The molecule has 9 nitrogen and oxygen atoms in total. The van der Waals surface area contributed by atoms with E-state index < -0.39 is 18.1 Å². The van der Waals surface area contributed by atoms with Crippen molar-refractivity contribution in [2.75, 3.05) is 5.01 Å². The Morgan fingerprint density at radius 3 is 2.43 bits per heavy atom. The van der Waals surface area contributed by atoms with Crippen LogP contribution in [0, 0.1) is 11.3 Å². The van der Waals surface area contributed by atoms with E-state index in [1.165, 1.54) is 22.9 Å². The minimum Gasteiger partial charge on any atom is -0.436 e. The predicted molar refractivity (Wildman–Crippen MR) is 102 cm³/mol. The number of hydrogen-bond donors (Lipinski definition) is 1. The first-order valence-corrected chi connectivity index (χ1v) is 8.80. The number of benzene rings is 1. The number of nitrogens with one attached hydrogen (secondary N) is 1. The monoisotopic (exact) mass is 421 g/mol. The zero-order valence-electron chi connectivity index (χ0n) is 14.7. The Hall–Kier alpha value is -3.09. The molecular formula is C17H13Cl2N5O4. The molecule has 144 valence electrons. The van der Waals surface area contributed by atoms with Crippen LogP contribution in [0.3, 0.4) is 0 Å². The molecule has 0 radical (unpaired) electrons. The maximum Gasteiger partial charge on any atom is 0.268 e. The number of ether oxygens (including phenoxy) is 1. The third-order valence-electron chi connectivity index (χ3n) is 3.79. The van der Waals surface area contributed by atoms with Crippen LogP contribution in [0.5, 0.6) is 11.6 Å². The summed E-state index contributed by atoms with van der Waals surface area (Å²) >= 11 is 12.5. The highest BCUT2D eigenvalue weighted by Crippen LogP contribution is 2.40. The molecule has 3 rings (SSSR count). The van der Waals surface area contributed by atoms with E-state index in [2.05, 4.69) is 10.2 Å². The predicted octanol–water partition coefficient (Wildman–Crippen LogP) is 3.04. The van der Waals surface area contributed by atoms with Crippen LogP contribution in [0.25, 0.3) is 0 Å². The fraction of sp³-hybridized carbons (Fsp3) is 0.235. The maximum absolute atomic E-state index is 12.1. The average molecular weight is 422 g/mol. The van der Waals surface area contributed by atoms with Crippen LogP contribution in [-0.4, -0.2) is 27.2 Å². The summed E-state index contributed by atoms with van der Waals surface area (Å²) < 4.78 is 7.21. The summed E-state index contributed by atoms with van der Waals surface area (Å²) in [5, 5.41) is 16.3. The van der Waals surface area contributed by atoms with Crippen molar-refractivity contribution in [1.82, 2.24) is 9.78 Å². The van der Waals surface area contributed by atoms with Crippen molar-refractivity contribution in [3.63, 3.8) is 0 Å². The van der Waals surface area contributed by atoms with Gasteiger partial charge in [-0.2, -0.15) is 15.4 Å². The van der Waals surface area contributed by atoms with Gasteiger partial charge in [-0.25, -0.2) is 0 Å². The second-order valence-electron chi connectivity index (χ2n) is 6.13. The molecule has 28 heavy (non-hydrogen) atoms. The van der Waals surface area contributed by atoms with E-state index in [0.29, 0.717) is 0 Å². The largest absolute Gasteiger partial charge is 0.436 e. The highest BCUT2D eigenvalue weighted by Gasteiger charge is 2.29. The van der Waals surface area contributed by atoms with Crippen LogP contribution in [0.4, 0.5) is 5.69 Å². The van der Waals surface area contributed by atoms with Gasteiger partial charge in [0.2, 0.25) is 17.4 Å². The van der Waals surface area contributed by atoms with Crippen molar-refractivity contribution in [2.45, 2.75) is 26.3 Å². The minimum atomic E-state index is -0.653. The highest BCUT2D eigenvalue weighted by molar-refractivity contribution is 6.50. The second kappa shape index (κ2) is 7.50. The SMILES string of the molecule is CC(C)n1[nH]c(=O)cc1Oc1c(Cl)cc(N2N=C(C#N)C(=O)CC2=O)cc1Cl. The van der Waals surface area contributed by atoms with Crippen molar-refractivity contribution in [3.8, 4) is 17.7 Å². The summed E-state index contributed by atoms with van der Waals surface area (Å²) in [6, 6.07) is 5.54. The van der Waals surface area contributed by atoms with Gasteiger partial charge in [0.05, 0.1) is 28.2 Å². The number of anilines is 1. The third kappa shape index (κ3) is 3.65. The molecule has 1 aliphatic heterocycles. The van der Waals surface area contributed by atoms with E-state index >= 15 is 0 Å². The number of carbonyl (C=O) groups is 2. The number of amides is 1. The Morgan fingerprint density at radius 2 is 1.86 bits per heavy atom. The van der Waals surface area contributed by atoms with E-state index in [1.54, 1.807) is 6.07 Å². The molecule has 0 saturated heterocycles. The second-order valence-corrected chi connectivity index (χ2v) is 6.94. The molecule has 1 aliphatic rings. The standard InChI is InChI=1S/C17H13Cl2N5O4/c1-8(2)23-16(6-14(26)22-23)28-17-10(18)3-9(4-11(17)19)24-15(27)5-13(25)12(7-20)21-24/h3-4,6,8H,5H2,1-2H3,(H,22,26). The fourth-order valence-electron chi connectivity index (χ4n) is 2.51. The minimum absolute atomic E-state index is 0.0462. The van der Waals surface area contributed by atoms with Crippen LogP contribution in [0.1, 0.15) is 26.3 Å². The van der Waals surface area contributed by atoms with E-state index in [1.807, 2.05) is 13.8 Å². The van der Waals surface area contributed by atoms with Gasteiger partial charge in [-0.1, -0.05) is 23.2 Å². The maximum atomic E-state index is 12.1. The zero-order valence-corrected chi connectivity index (χ0v) is 16.2. The Balaban J connectivity index is 2.00. The van der Waals surface area contributed by atoms with Gasteiger partial charge < -0.3 is 4.74 Å². The number of aromatic nitrogens is 2. The molecule has 1 aromatic heterocycles. The van der Waals surface area contributed by atoms with E-state index in [0.717, 1.165) is 5.01 Å².